The standard InChI is InChI=1S/C16H18N2O4/c1-4-22-14(20)10-11-16(3)17(12(2)19)15(21)18(16)13-8-6-5-7-9-13/h5-11H,4H2,1-3H3/b11-10+. The van der Waals surface area contributed by atoms with Crippen molar-refractivity contribution in [2.24, 2.45) is 0 Å². The second kappa shape index (κ2) is 6.01. The van der Waals surface area contributed by atoms with Gasteiger partial charge in [-0.05, 0) is 32.1 Å². The molecule has 1 aliphatic rings. The number of para-hydroxylation sites is 1. The van der Waals surface area contributed by atoms with E-state index in [4.69, 9.17) is 4.74 Å². The summed E-state index contributed by atoms with van der Waals surface area (Å²) in [5.74, 6) is -0.896. The van der Waals surface area contributed by atoms with Crippen LogP contribution in [0.1, 0.15) is 20.8 Å². The van der Waals surface area contributed by atoms with E-state index in [1.165, 1.54) is 24.0 Å². The summed E-state index contributed by atoms with van der Waals surface area (Å²) in [5.41, 5.74) is -0.377. The van der Waals surface area contributed by atoms with Crippen molar-refractivity contribution in [2.45, 2.75) is 26.4 Å². The maximum Gasteiger partial charge on any atom is 0.335 e. The van der Waals surface area contributed by atoms with E-state index >= 15 is 0 Å². The molecule has 6 nitrogen and oxygen atoms in total. The first-order chi connectivity index (χ1) is 10.4. The number of carbonyl (C=O) groups is 3. The molecule has 1 fully saturated rings. The predicted octanol–water partition coefficient (Wildman–Crippen LogP) is 2.31. The van der Waals surface area contributed by atoms with Crippen molar-refractivity contribution in [1.29, 1.82) is 0 Å². The predicted molar refractivity (Wildman–Crippen MR) is 81.0 cm³/mol. The van der Waals surface area contributed by atoms with Crippen molar-refractivity contribution in [3.8, 4) is 0 Å². The Morgan fingerprint density at radius 1 is 1.27 bits per heavy atom. The van der Waals surface area contributed by atoms with Gasteiger partial charge < -0.3 is 4.74 Å². The summed E-state index contributed by atoms with van der Waals surface area (Å²) in [6.45, 7) is 4.98. The number of urea groups is 1. The normalized spacial score (nSPS) is 21.0. The topological polar surface area (TPSA) is 66.9 Å². The Morgan fingerprint density at radius 2 is 1.91 bits per heavy atom. The van der Waals surface area contributed by atoms with Crippen LogP contribution in [-0.4, -0.2) is 35.1 Å². The van der Waals surface area contributed by atoms with Crippen molar-refractivity contribution in [2.75, 3.05) is 11.5 Å². The van der Waals surface area contributed by atoms with Gasteiger partial charge in [-0.2, -0.15) is 0 Å². The highest BCUT2D eigenvalue weighted by Gasteiger charge is 2.56. The molecule has 0 aromatic heterocycles. The van der Waals surface area contributed by atoms with E-state index < -0.39 is 17.7 Å². The van der Waals surface area contributed by atoms with Crippen molar-refractivity contribution in [3.05, 3.63) is 42.5 Å². The zero-order valence-corrected chi connectivity index (χ0v) is 12.8. The molecule has 6 heteroatoms. The zero-order chi connectivity index (χ0) is 16.3. The third-order valence-electron chi connectivity index (χ3n) is 3.44. The lowest BCUT2D eigenvalue weighted by atomic mass is 10.00. The zero-order valence-electron chi connectivity index (χ0n) is 12.8. The summed E-state index contributed by atoms with van der Waals surface area (Å²) < 4.78 is 4.84. The summed E-state index contributed by atoms with van der Waals surface area (Å²) >= 11 is 0. The third kappa shape index (κ3) is 2.59. The fourth-order valence-electron chi connectivity index (χ4n) is 2.51. The first-order valence-corrected chi connectivity index (χ1v) is 6.98. The van der Waals surface area contributed by atoms with Gasteiger partial charge in [-0.25, -0.2) is 14.5 Å². The molecule has 0 saturated carbocycles. The molecule has 0 spiro atoms. The molecule has 1 aliphatic heterocycles. The van der Waals surface area contributed by atoms with Gasteiger partial charge in [0.1, 0.15) is 5.66 Å². The Morgan fingerprint density at radius 3 is 2.45 bits per heavy atom. The van der Waals surface area contributed by atoms with E-state index in [0.717, 1.165) is 4.90 Å². The maximum atomic E-state index is 12.3. The highest BCUT2D eigenvalue weighted by atomic mass is 16.5. The minimum absolute atomic E-state index is 0.262. The third-order valence-corrected chi connectivity index (χ3v) is 3.44. The molecule has 1 aromatic rings. The molecule has 1 atom stereocenters. The van der Waals surface area contributed by atoms with E-state index in [1.54, 1.807) is 38.1 Å². The lowest BCUT2D eigenvalue weighted by molar-refractivity contribution is -0.137. The largest absolute Gasteiger partial charge is 0.463 e. The molecular formula is C16H18N2O4. The molecule has 2 rings (SSSR count). The Bertz CT molecular complexity index is 626. The van der Waals surface area contributed by atoms with E-state index in [2.05, 4.69) is 0 Å². The SMILES string of the molecule is CCOC(=O)/C=C/C1(C)N(C(C)=O)C(=O)N1c1ccccc1. The van der Waals surface area contributed by atoms with Crippen LogP contribution in [0.5, 0.6) is 0 Å². The van der Waals surface area contributed by atoms with Crippen LogP contribution in [0, 0.1) is 0 Å². The second-order valence-corrected chi connectivity index (χ2v) is 4.99. The number of ether oxygens (including phenoxy) is 1. The van der Waals surface area contributed by atoms with Crippen LogP contribution >= 0.6 is 0 Å². The maximum absolute atomic E-state index is 12.3. The number of anilines is 1. The van der Waals surface area contributed by atoms with E-state index in [-0.39, 0.29) is 12.5 Å². The number of hydrogen-bond acceptors (Lipinski definition) is 4. The number of carbonyl (C=O) groups excluding carboxylic acids is 3. The number of nitrogens with zero attached hydrogens (tertiary/aromatic N) is 2. The van der Waals surface area contributed by atoms with E-state index in [9.17, 15) is 14.4 Å². The molecule has 0 N–H and O–H groups in total. The fraction of sp³-hybridized carbons (Fsp3) is 0.312. The fourth-order valence-corrected chi connectivity index (χ4v) is 2.51. The Kier molecular flexibility index (Phi) is 4.30. The van der Waals surface area contributed by atoms with Crippen LogP contribution in [0.25, 0.3) is 0 Å². The van der Waals surface area contributed by atoms with Crippen LogP contribution in [0.4, 0.5) is 10.5 Å². The van der Waals surface area contributed by atoms with Gasteiger partial charge in [0.05, 0.1) is 6.61 Å². The van der Waals surface area contributed by atoms with Crippen LogP contribution in [0.15, 0.2) is 42.5 Å². The van der Waals surface area contributed by atoms with Crippen LogP contribution in [0.3, 0.4) is 0 Å². The molecule has 22 heavy (non-hydrogen) atoms. The summed E-state index contributed by atoms with van der Waals surface area (Å²) in [5, 5.41) is 0. The number of benzene rings is 1. The molecule has 0 bridgehead atoms. The van der Waals surface area contributed by atoms with Crippen molar-refractivity contribution in [1.82, 2.24) is 4.90 Å². The molecule has 3 amide bonds. The number of imide groups is 1. The number of rotatable bonds is 4. The van der Waals surface area contributed by atoms with Gasteiger partial charge in [-0.15, -0.1) is 0 Å². The lowest BCUT2D eigenvalue weighted by Crippen LogP contribution is -2.76. The van der Waals surface area contributed by atoms with Crippen molar-refractivity contribution in [3.63, 3.8) is 0 Å². The quantitative estimate of drug-likeness (QED) is 0.632. The molecular weight excluding hydrogens is 284 g/mol. The molecule has 1 unspecified atom stereocenters. The first-order valence-electron chi connectivity index (χ1n) is 6.98. The number of esters is 1. The van der Waals surface area contributed by atoms with E-state index in [1.807, 2.05) is 6.07 Å². The van der Waals surface area contributed by atoms with Gasteiger partial charge in [0, 0.05) is 18.7 Å². The second-order valence-electron chi connectivity index (χ2n) is 4.99. The van der Waals surface area contributed by atoms with Crippen LogP contribution in [-0.2, 0) is 14.3 Å². The van der Waals surface area contributed by atoms with Crippen molar-refractivity contribution < 1.29 is 19.1 Å². The summed E-state index contributed by atoms with van der Waals surface area (Å²) in [6.07, 6.45) is 2.74. The molecule has 0 radical (unpaired) electrons. The summed E-state index contributed by atoms with van der Waals surface area (Å²) in [7, 11) is 0. The van der Waals surface area contributed by atoms with Gasteiger partial charge in [0.25, 0.3) is 0 Å². The van der Waals surface area contributed by atoms with E-state index in [0.29, 0.717) is 5.69 Å². The minimum atomic E-state index is -1.03. The Labute approximate surface area is 129 Å². The average molecular weight is 302 g/mol. The highest BCUT2D eigenvalue weighted by molar-refractivity contribution is 6.11. The minimum Gasteiger partial charge on any atom is -0.463 e. The number of hydrogen-bond donors (Lipinski definition) is 0. The Balaban J connectivity index is 2.35. The monoisotopic (exact) mass is 302 g/mol. The molecule has 1 aromatic carbocycles. The van der Waals surface area contributed by atoms with Gasteiger partial charge in [-0.1, -0.05) is 18.2 Å². The molecule has 1 heterocycles. The van der Waals surface area contributed by atoms with Gasteiger partial charge >= 0.3 is 12.0 Å². The number of amides is 3. The van der Waals surface area contributed by atoms with Gasteiger partial charge in [-0.3, -0.25) is 9.69 Å². The summed E-state index contributed by atoms with van der Waals surface area (Å²) in [4.78, 5) is 38.1. The summed E-state index contributed by atoms with van der Waals surface area (Å²) in [6, 6.07) is 8.55. The molecule has 1 saturated heterocycles. The lowest BCUT2D eigenvalue weighted by Gasteiger charge is -2.55. The van der Waals surface area contributed by atoms with Gasteiger partial charge in [0.2, 0.25) is 5.91 Å². The average Bonchev–Trinajstić information content (AvgIpc) is 2.46. The highest BCUT2D eigenvalue weighted by Crippen LogP contribution is 2.38. The molecule has 0 aliphatic carbocycles. The van der Waals surface area contributed by atoms with Crippen LogP contribution in [0.2, 0.25) is 0 Å². The molecule has 116 valence electrons. The van der Waals surface area contributed by atoms with Crippen LogP contribution < -0.4 is 4.90 Å². The van der Waals surface area contributed by atoms with Gasteiger partial charge in [0.15, 0.2) is 0 Å². The first kappa shape index (κ1) is 15.8. The Hall–Kier alpha value is -2.63. The smallest absolute Gasteiger partial charge is 0.335 e. The van der Waals surface area contributed by atoms with Crippen molar-refractivity contribution >= 4 is 23.6 Å².